The van der Waals surface area contributed by atoms with Gasteiger partial charge in [0.25, 0.3) is 0 Å². The van der Waals surface area contributed by atoms with E-state index in [9.17, 15) is 0 Å². The van der Waals surface area contributed by atoms with Crippen LogP contribution in [-0.4, -0.2) is 62.7 Å². The smallest absolute Gasteiger partial charge is 0.00193 e. The molecule has 2 atom stereocenters. The third-order valence-electron chi connectivity index (χ3n) is 4.82. The maximum Gasteiger partial charge on any atom is 0.00193 e. The molecule has 0 radical (unpaired) electrons. The van der Waals surface area contributed by atoms with Crippen LogP contribution in [-0.2, 0) is 0 Å². The van der Waals surface area contributed by atoms with Crippen molar-refractivity contribution < 1.29 is 0 Å². The molecule has 2 aliphatic rings. The fourth-order valence-corrected chi connectivity index (χ4v) is 3.56. The first-order valence-electron chi connectivity index (χ1n) is 8.25. The topological polar surface area (TPSA) is 18.5 Å². The van der Waals surface area contributed by atoms with E-state index >= 15 is 0 Å². The van der Waals surface area contributed by atoms with Crippen molar-refractivity contribution in [2.75, 3.05) is 52.9 Å². The summed E-state index contributed by atoms with van der Waals surface area (Å²) in [5, 5.41) is 3.59. The standard InChI is InChI=1S/C16H33N3/c1-14-10-17-11-15(2)13-19(12-14)9-6-16-4-7-18(3)8-5-16/h14-17H,4-13H2,1-3H3. The monoisotopic (exact) mass is 267 g/mol. The van der Waals surface area contributed by atoms with Gasteiger partial charge in [-0.2, -0.15) is 0 Å². The van der Waals surface area contributed by atoms with Crippen molar-refractivity contribution in [2.24, 2.45) is 17.8 Å². The van der Waals surface area contributed by atoms with Crippen LogP contribution in [0, 0.1) is 17.8 Å². The average molecular weight is 267 g/mol. The molecule has 0 aliphatic carbocycles. The van der Waals surface area contributed by atoms with Crippen molar-refractivity contribution in [1.29, 1.82) is 0 Å². The van der Waals surface area contributed by atoms with E-state index < -0.39 is 0 Å². The lowest BCUT2D eigenvalue weighted by Crippen LogP contribution is -2.43. The molecule has 112 valence electrons. The van der Waals surface area contributed by atoms with Gasteiger partial charge < -0.3 is 15.1 Å². The van der Waals surface area contributed by atoms with Gasteiger partial charge in [0.1, 0.15) is 0 Å². The Morgan fingerprint density at radius 2 is 1.58 bits per heavy atom. The second kappa shape index (κ2) is 7.61. The molecule has 1 N–H and O–H groups in total. The first kappa shape index (κ1) is 15.3. The number of piperidine rings is 1. The lowest BCUT2D eigenvalue weighted by atomic mass is 9.93. The molecule has 0 amide bonds. The van der Waals surface area contributed by atoms with Gasteiger partial charge in [0.15, 0.2) is 0 Å². The maximum absolute atomic E-state index is 3.59. The summed E-state index contributed by atoms with van der Waals surface area (Å²) in [5.41, 5.74) is 0. The van der Waals surface area contributed by atoms with E-state index in [4.69, 9.17) is 0 Å². The summed E-state index contributed by atoms with van der Waals surface area (Å²) in [4.78, 5) is 5.21. The quantitative estimate of drug-likeness (QED) is 0.842. The highest BCUT2D eigenvalue weighted by Crippen LogP contribution is 2.20. The van der Waals surface area contributed by atoms with E-state index in [1.165, 1.54) is 65.1 Å². The molecule has 3 heteroatoms. The molecule has 2 rings (SSSR count). The lowest BCUT2D eigenvalue weighted by Gasteiger charge is -2.34. The highest BCUT2D eigenvalue weighted by Gasteiger charge is 2.20. The summed E-state index contributed by atoms with van der Waals surface area (Å²) in [6.45, 7) is 13.6. The van der Waals surface area contributed by atoms with E-state index in [1.54, 1.807) is 0 Å². The molecule has 0 saturated carbocycles. The normalized spacial score (nSPS) is 33.0. The van der Waals surface area contributed by atoms with Crippen molar-refractivity contribution >= 4 is 0 Å². The van der Waals surface area contributed by atoms with Crippen LogP contribution in [0.1, 0.15) is 33.1 Å². The summed E-state index contributed by atoms with van der Waals surface area (Å²) in [5.74, 6) is 2.57. The number of nitrogens with zero attached hydrogens (tertiary/aromatic N) is 2. The van der Waals surface area contributed by atoms with Gasteiger partial charge in [-0.1, -0.05) is 13.8 Å². The highest BCUT2D eigenvalue weighted by atomic mass is 15.1. The predicted molar refractivity (Wildman–Crippen MR) is 82.5 cm³/mol. The number of rotatable bonds is 3. The minimum atomic E-state index is 0.796. The highest BCUT2D eigenvalue weighted by molar-refractivity contribution is 4.76. The van der Waals surface area contributed by atoms with Crippen molar-refractivity contribution in [3.8, 4) is 0 Å². The largest absolute Gasteiger partial charge is 0.316 e. The maximum atomic E-state index is 3.59. The number of likely N-dealkylation sites (tertiary alicyclic amines) is 1. The van der Waals surface area contributed by atoms with Crippen molar-refractivity contribution in [2.45, 2.75) is 33.1 Å². The third kappa shape index (κ3) is 5.41. The summed E-state index contributed by atoms with van der Waals surface area (Å²) in [6.07, 6.45) is 4.24. The van der Waals surface area contributed by atoms with Gasteiger partial charge in [-0.3, -0.25) is 0 Å². The van der Waals surface area contributed by atoms with Crippen LogP contribution < -0.4 is 5.32 Å². The van der Waals surface area contributed by atoms with Gasteiger partial charge in [0, 0.05) is 13.1 Å². The molecule has 2 heterocycles. The molecule has 2 fully saturated rings. The molecule has 0 aromatic carbocycles. The van der Waals surface area contributed by atoms with E-state index in [0.717, 1.165) is 17.8 Å². The van der Waals surface area contributed by atoms with Gasteiger partial charge in [0.05, 0.1) is 0 Å². The van der Waals surface area contributed by atoms with Crippen LogP contribution in [0.2, 0.25) is 0 Å². The van der Waals surface area contributed by atoms with Crippen molar-refractivity contribution in [3.05, 3.63) is 0 Å². The second-order valence-electron chi connectivity index (χ2n) is 7.16. The first-order chi connectivity index (χ1) is 9.13. The van der Waals surface area contributed by atoms with Gasteiger partial charge in [-0.15, -0.1) is 0 Å². The Hall–Kier alpha value is -0.120. The summed E-state index contributed by atoms with van der Waals surface area (Å²) < 4.78 is 0. The number of hydrogen-bond acceptors (Lipinski definition) is 3. The molecular formula is C16H33N3. The zero-order valence-electron chi connectivity index (χ0n) is 13.2. The number of hydrogen-bond donors (Lipinski definition) is 1. The Kier molecular flexibility index (Phi) is 6.11. The third-order valence-corrected chi connectivity index (χ3v) is 4.82. The second-order valence-corrected chi connectivity index (χ2v) is 7.16. The van der Waals surface area contributed by atoms with Crippen LogP contribution in [0.5, 0.6) is 0 Å². The molecule has 3 nitrogen and oxygen atoms in total. The van der Waals surface area contributed by atoms with Crippen LogP contribution in [0.4, 0.5) is 0 Å². The fourth-order valence-electron chi connectivity index (χ4n) is 3.56. The van der Waals surface area contributed by atoms with Crippen LogP contribution in [0.25, 0.3) is 0 Å². The van der Waals surface area contributed by atoms with Gasteiger partial charge >= 0.3 is 0 Å². The van der Waals surface area contributed by atoms with E-state index in [-0.39, 0.29) is 0 Å². The molecule has 2 saturated heterocycles. The Morgan fingerprint density at radius 1 is 1.00 bits per heavy atom. The van der Waals surface area contributed by atoms with Gasteiger partial charge in [-0.05, 0) is 76.8 Å². The lowest BCUT2D eigenvalue weighted by molar-refractivity contribution is 0.154. The molecule has 0 aromatic rings. The molecule has 0 spiro atoms. The van der Waals surface area contributed by atoms with Crippen LogP contribution in [0.3, 0.4) is 0 Å². The van der Waals surface area contributed by atoms with E-state index in [2.05, 4.69) is 36.0 Å². The van der Waals surface area contributed by atoms with Crippen molar-refractivity contribution in [1.82, 2.24) is 15.1 Å². The fraction of sp³-hybridized carbons (Fsp3) is 1.00. The summed E-state index contributed by atoms with van der Waals surface area (Å²) in [6, 6.07) is 0. The Bertz CT molecular complexity index is 236. The first-order valence-corrected chi connectivity index (χ1v) is 8.25. The molecule has 2 aliphatic heterocycles. The molecule has 0 bridgehead atoms. The summed E-state index contributed by atoms with van der Waals surface area (Å²) >= 11 is 0. The predicted octanol–water partition coefficient (Wildman–Crippen LogP) is 1.90. The Balaban J connectivity index is 1.73. The van der Waals surface area contributed by atoms with Crippen LogP contribution >= 0.6 is 0 Å². The minimum absolute atomic E-state index is 0.796. The van der Waals surface area contributed by atoms with Gasteiger partial charge in [0.2, 0.25) is 0 Å². The SMILES string of the molecule is CC1CNCC(C)CN(CCC2CCN(C)CC2)C1. The molecule has 0 aromatic heterocycles. The van der Waals surface area contributed by atoms with E-state index in [1.807, 2.05) is 0 Å². The van der Waals surface area contributed by atoms with E-state index in [0.29, 0.717) is 0 Å². The summed E-state index contributed by atoms with van der Waals surface area (Å²) in [7, 11) is 2.25. The van der Waals surface area contributed by atoms with Crippen LogP contribution in [0.15, 0.2) is 0 Å². The zero-order chi connectivity index (χ0) is 13.7. The molecular weight excluding hydrogens is 234 g/mol. The minimum Gasteiger partial charge on any atom is -0.316 e. The Labute approximate surface area is 119 Å². The molecule has 2 unspecified atom stereocenters. The Morgan fingerprint density at radius 3 is 2.16 bits per heavy atom. The van der Waals surface area contributed by atoms with Crippen molar-refractivity contribution in [3.63, 3.8) is 0 Å². The van der Waals surface area contributed by atoms with Gasteiger partial charge in [-0.25, -0.2) is 0 Å². The zero-order valence-corrected chi connectivity index (χ0v) is 13.2. The average Bonchev–Trinajstić information content (AvgIpc) is 2.36. The molecule has 19 heavy (non-hydrogen) atoms. The number of nitrogens with one attached hydrogen (secondary N) is 1.